The average Bonchev–Trinajstić information content (AvgIpc) is 2.68. The molecule has 1 amide bonds. The molecule has 0 radical (unpaired) electrons. The fraction of sp³-hybridized carbons (Fsp3) is 0.364. The summed E-state index contributed by atoms with van der Waals surface area (Å²) < 4.78 is 13.6. The summed E-state index contributed by atoms with van der Waals surface area (Å²) in [5, 5.41) is -0.0330. The molecule has 2 N–H and O–H groups in total. The predicted molar refractivity (Wildman–Crippen MR) is 67.2 cm³/mol. The Bertz CT molecular complexity index is 428. The molecule has 1 aliphatic rings. The summed E-state index contributed by atoms with van der Waals surface area (Å²) >= 11 is 5.62. The molecule has 94 valence electrons. The second kappa shape index (κ2) is 5.67. The summed E-state index contributed by atoms with van der Waals surface area (Å²) in [6, 6.07) is 4.41. The minimum atomic E-state index is -0.658. The van der Waals surface area contributed by atoms with Gasteiger partial charge in [-0.25, -0.2) is 4.39 Å². The van der Waals surface area contributed by atoms with Crippen LogP contribution in [0.25, 0.3) is 0 Å². The molecule has 1 aromatic rings. The summed E-state index contributed by atoms with van der Waals surface area (Å²) in [4.78, 5) is 13.5. The van der Waals surface area contributed by atoms with Crippen LogP contribution in [0.4, 0.5) is 4.39 Å². The van der Waals surface area contributed by atoms with E-state index in [-0.39, 0.29) is 34.9 Å². The average molecular weight is 279 g/mol. The number of halogens is 3. The van der Waals surface area contributed by atoms with Crippen molar-refractivity contribution < 1.29 is 9.18 Å². The van der Waals surface area contributed by atoms with Gasteiger partial charge in [-0.05, 0) is 18.6 Å². The van der Waals surface area contributed by atoms with Crippen LogP contribution in [0.5, 0.6) is 0 Å². The van der Waals surface area contributed by atoms with E-state index in [1.807, 2.05) is 0 Å². The third-order valence-electron chi connectivity index (χ3n) is 2.69. The molecule has 1 fully saturated rings. The van der Waals surface area contributed by atoms with Gasteiger partial charge in [0.1, 0.15) is 0 Å². The Balaban J connectivity index is 0.00000144. The van der Waals surface area contributed by atoms with Gasteiger partial charge in [-0.15, -0.1) is 12.4 Å². The Morgan fingerprint density at radius 1 is 1.53 bits per heavy atom. The standard InChI is InChI=1S/C11H12ClFN2O.ClH/c12-9-3-1-2-8(10(9)13)11(16)15-5-4-7(14)6-15;/h1-3,7H,4-6,14H2;1H. The molecular formula is C11H13Cl2FN2O. The van der Waals surface area contributed by atoms with Crippen LogP contribution in [0.1, 0.15) is 16.8 Å². The highest BCUT2D eigenvalue weighted by molar-refractivity contribution is 6.31. The third-order valence-corrected chi connectivity index (χ3v) is 2.99. The second-order valence-corrected chi connectivity index (χ2v) is 4.31. The Hall–Kier alpha value is -0.840. The number of benzene rings is 1. The molecule has 0 bridgehead atoms. The molecule has 1 unspecified atom stereocenters. The van der Waals surface area contributed by atoms with Gasteiger partial charge in [0.2, 0.25) is 0 Å². The van der Waals surface area contributed by atoms with Gasteiger partial charge in [-0.3, -0.25) is 4.79 Å². The lowest BCUT2D eigenvalue weighted by Gasteiger charge is -2.16. The number of rotatable bonds is 1. The number of nitrogens with zero attached hydrogens (tertiary/aromatic N) is 1. The monoisotopic (exact) mass is 278 g/mol. The van der Waals surface area contributed by atoms with Crippen molar-refractivity contribution in [2.24, 2.45) is 5.73 Å². The largest absolute Gasteiger partial charge is 0.337 e. The van der Waals surface area contributed by atoms with Crippen molar-refractivity contribution in [3.8, 4) is 0 Å². The molecule has 17 heavy (non-hydrogen) atoms. The maximum absolute atomic E-state index is 13.6. The number of nitrogens with two attached hydrogens (primary N) is 1. The van der Waals surface area contributed by atoms with E-state index in [1.165, 1.54) is 12.1 Å². The molecule has 0 saturated carbocycles. The highest BCUT2D eigenvalue weighted by atomic mass is 35.5. The lowest BCUT2D eigenvalue weighted by molar-refractivity contribution is 0.0786. The molecule has 0 spiro atoms. The van der Waals surface area contributed by atoms with Crippen molar-refractivity contribution in [2.75, 3.05) is 13.1 Å². The van der Waals surface area contributed by atoms with Gasteiger partial charge in [0.05, 0.1) is 10.6 Å². The quantitative estimate of drug-likeness (QED) is 0.855. The molecule has 1 aromatic carbocycles. The maximum Gasteiger partial charge on any atom is 0.256 e. The van der Waals surface area contributed by atoms with Crippen LogP contribution in [0.15, 0.2) is 18.2 Å². The fourth-order valence-corrected chi connectivity index (χ4v) is 1.99. The van der Waals surface area contributed by atoms with Gasteiger partial charge >= 0.3 is 0 Å². The van der Waals surface area contributed by atoms with Gasteiger partial charge in [0, 0.05) is 19.1 Å². The first kappa shape index (κ1) is 14.2. The van der Waals surface area contributed by atoms with Crippen LogP contribution in [0, 0.1) is 5.82 Å². The van der Waals surface area contributed by atoms with Gasteiger partial charge in [-0.1, -0.05) is 17.7 Å². The van der Waals surface area contributed by atoms with E-state index in [2.05, 4.69) is 0 Å². The summed E-state index contributed by atoms with van der Waals surface area (Å²) in [5.74, 6) is -0.998. The zero-order valence-corrected chi connectivity index (χ0v) is 10.6. The molecule has 1 aliphatic heterocycles. The van der Waals surface area contributed by atoms with Gasteiger partial charge in [0.25, 0.3) is 5.91 Å². The van der Waals surface area contributed by atoms with Crippen molar-refractivity contribution in [1.29, 1.82) is 0 Å². The van der Waals surface area contributed by atoms with E-state index in [4.69, 9.17) is 17.3 Å². The minimum absolute atomic E-state index is 0. The molecule has 0 aliphatic carbocycles. The summed E-state index contributed by atoms with van der Waals surface area (Å²) in [7, 11) is 0. The molecule has 3 nitrogen and oxygen atoms in total. The predicted octanol–water partition coefficient (Wildman–Crippen LogP) is 2.07. The smallest absolute Gasteiger partial charge is 0.256 e. The summed E-state index contributed by atoms with van der Waals surface area (Å²) in [5.41, 5.74) is 5.71. The third kappa shape index (κ3) is 2.89. The number of carbonyl (C=O) groups is 1. The van der Waals surface area contributed by atoms with E-state index >= 15 is 0 Å². The highest BCUT2D eigenvalue weighted by Gasteiger charge is 2.26. The van der Waals surface area contributed by atoms with E-state index in [0.717, 1.165) is 6.42 Å². The van der Waals surface area contributed by atoms with E-state index < -0.39 is 5.82 Å². The van der Waals surface area contributed by atoms with Crippen LogP contribution in [0.3, 0.4) is 0 Å². The lowest BCUT2D eigenvalue weighted by atomic mass is 10.2. The molecule has 1 atom stereocenters. The molecule has 6 heteroatoms. The SMILES string of the molecule is Cl.NC1CCN(C(=O)c2cccc(Cl)c2F)C1. The van der Waals surface area contributed by atoms with Crippen LogP contribution >= 0.6 is 24.0 Å². The summed E-state index contributed by atoms with van der Waals surface area (Å²) in [6.07, 6.45) is 0.758. The number of amides is 1. The van der Waals surface area contributed by atoms with E-state index in [9.17, 15) is 9.18 Å². The van der Waals surface area contributed by atoms with Gasteiger partial charge in [-0.2, -0.15) is 0 Å². The zero-order valence-electron chi connectivity index (χ0n) is 9.03. The Labute approximate surface area is 110 Å². The molecular weight excluding hydrogens is 266 g/mol. The molecule has 2 rings (SSSR count). The van der Waals surface area contributed by atoms with Gasteiger partial charge in [0.15, 0.2) is 5.82 Å². The molecule has 1 heterocycles. The topological polar surface area (TPSA) is 46.3 Å². The first-order valence-electron chi connectivity index (χ1n) is 5.08. The van der Waals surface area contributed by atoms with E-state index in [0.29, 0.717) is 13.1 Å². The zero-order chi connectivity index (χ0) is 11.7. The van der Waals surface area contributed by atoms with Crippen molar-refractivity contribution in [1.82, 2.24) is 4.90 Å². The van der Waals surface area contributed by atoms with Crippen molar-refractivity contribution in [3.05, 3.63) is 34.6 Å². The first-order chi connectivity index (χ1) is 7.59. The Morgan fingerprint density at radius 2 is 2.24 bits per heavy atom. The number of likely N-dealkylation sites (tertiary alicyclic amines) is 1. The summed E-state index contributed by atoms with van der Waals surface area (Å²) in [6.45, 7) is 1.05. The lowest BCUT2D eigenvalue weighted by Crippen LogP contribution is -2.32. The van der Waals surface area contributed by atoms with E-state index in [1.54, 1.807) is 11.0 Å². The van der Waals surface area contributed by atoms with Crippen LogP contribution in [-0.2, 0) is 0 Å². The van der Waals surface area contributed by atoms with Crippen molar-refractivity contribution in [2.45, 2.75) is 12.5 Å². The molecule has 1 saturated heterocycles. The van der Waals surface area contributed by atoms with Crippen LogP contribution in [0.2, 0.25) is 5.02 Å². The number of hydrogen-bond acceptors (Lipinski definition) is 2. The van der Waals surface area contributed by atoms with Crippen LogP contribution < -0.4 is 5.73 Å². The Morgan fingerprint density at radius 3 is 2.82 bits per heavy atom. The molecule has 0 aromatic heterocycles. The number of carbonyl (C=O) groups excluding carboxylic acids is 1. The maximum atomic E-state index is 13.6. The van der Waals surface area contributed by atoms with Crippen LogP contribution in [-0.4, -0.2) is 29.9 Å². The van der Waals surface area contributed by atoms with Gasteiger partial charge < -0.3 is 10.6 Å². The number of hydrogen-bond donors (Lipinski definition) is 1. The Kier molecular flexibility index (Phi) is 4.74. The first-order valence-corrected chi connectivity index (χ1v) is 5.46. The van der Waals surface area contributed by atoms with Crippen molar-refractivity contribution in [3.63, 3.8) is 0 Å². The van der Waals surface area contributed by atoms with Crippen molar-refractivity contribution >= 4 is 29.9 Å². The fourth-order valence-electron chi connectivity index (χ4n) is 1.81. The normalized spacial score (nSPS) is 19.0. The second-order valence-electron chi connectivity index (χ2n) is 3.90. The highest BCUT2D eigenvalue weighted by Crippen LogP contribution is 2.20. The minimum Gasteiger partial charge on any atom is -0.337 e.